The van der Waals surface area contributed by atoms with Crippen LogP contribution in [-0.4, -0.2) is 0 Å². The van der Waals surface area contributed by atoms with Crippen LogP contribution in [0.15, 0.2) is 182 Å². The number of benzene rings is 7. The molecule has 0 fully saturated rings. The predicted octanol–water partition coefficient (Wildman–Crippen LogP) is 16.1. The first kappa shape index (κ1) is 36.9. The van der Waals surface area contributed by atoms with Crippen molar-refractivity contribution in [3.63, 3.8) is 0 Å². The molecule has 0 aliphatic heterocycles. The van der Waals surface area contributed by atoms with Crippen LogP contribution in [0, 0.1) is 5.41 Å². The molecule has 1 atom stereocenters. The van der Waals surface area contributed by atoms with Crippen LogP contribution in [0.2, 0.25) is 0 Å². The monoisotopic (exact) mass is 764 g/mol. The highest BCUT2D eigenvalue weighted by Crippen LogP contribution is 2.53. The molecule has 0 spiro atoms. The van der Waals surface area contributed by atoms with Crippen LogP contribution in [0.5, 0.6) is 0 Å². The van der Waals surface area contributed by atoms with Gasteiger partial charge in [0.25, 0.3) is 0 Å². The van der Waals surface area contributed by atoms with Crippen molar-refractivity contribution in [3.05, 3.63) is 204 Å². The first-order valence-corrected chi connectivity index (χ1v) is 21.5. The Kier molecular flexibility index (Phi) is 9.25. The number of hydrogen-bond donors (Lipinski definition) is 0. The van der Waals surface area contributed by atoms with Gasteiger partial charge in [0.2, 0.25) is 0 Å². The summed E-state index contributed by atoms with van der Waals surface area (Å²) in [5, 5.41) is 5.13. The van der Waals surface area contributed by atoms with Gasteiger partial charge in [-0.2, -0.15) is 0 Å². The Morgan fingerprint density at radius 1 is 0.576 bits per heavy atom. The molecular weight excluding hydrogens is 713 g/mol. The summed E-state index contributed by atoms with van der Waals surface area (Å²) in [6, 6.07) is 52.2. The van der Waals surface area contributed by atoms with Gasteiger partial charge in [-0.05, 0) is 166 Å². The van der Waals surface area contributed by atoms with Crippen molar-refractivity contribution in [2.45, 2.75) is 65.2 Å². The molecule has 2 heteroatoms. The van der Waals surface area contributed by atoms with Crippen LogP contribution in [0.3, 0.4) is 0 Å². The van der Waals surface area contributed by atoms with E-state index in [-0.39, 0.29) is 10.8 Å². The van der Waals surface area contributed by atoms with Gasteiger partial charge in [-0.3, -0.25) is 0 Å². The van der Waals surface area contributed by atoms with Crippen LogP contribution in [0.1, 0.15) is 75.6 Å². The van der Waals surface area contributed by atoms with Crippen molar-refractivity contribution in [2.24, 2.45) is 5.41 Å². The smallest absolute Gasteiger partial charge is 0.0506 e. The van der Waals surface area contributed by atoms with E-state index in [1.54, 1.807) is 0 Å². The molecule has 1 unspecified atom stereocenters. The minimum Gasteiger partial charge on any atom is -0.315 e. The van der Waals surface area contributed by atoms with E-state index < -0.39 is 0 Å². The van der Waals surface area contributed by atoms with Crippen LogP contribution in [0.25, 0.3) is 38.7 Å². The zero-order valence-corrected chi connectivity index (χ0v) is 34.8. The largest absolute Gasteiger partial charge is 0.315 e. The van der Waals surface area contributed by atoms with Crippen molar-refractivity contribution < 1.29 is 0 Å². The average molecular weight is 765 g/mol. The summed E-state index contributed by atoms with van der Waals surface area (Å²) in [4.78, 5) is 5.01. The summed E-state index contributed by atoms with van der Waals surface area (Å²) >= 11 is 0. The SMILES string of the molecule is C/C=C\C=C/C1(C)CC=C(N(c2ccccc2)c2ccc3c(c2)C(C)(C)c2cc4cc(N(c5ccccc5)c5ccc6ccccc6c5)c5c(c4cc2-3)C=CCC5)CC1. The third-order valence-corrected chi connectivity index (χ3v) is 13.3. The van der Waals surface area contributed by atoms with Crippen LogP contribution in [-0.2, 0) is 11.8 Å². The quantitative estimate of drug-likeness (QED) is 0.142. The third kappa shape index (κ3) is 6.52. The fourth-order valence-electron chi connectivity index (χ4n) is 9.99. The van der Waals surface area contributed by atoms with E-state index in [0.717, 1.165) is 32.1 Å². The minimum absolute atomic E-state index is 0.163. The first-order valence-electron chi connectivity index (χ1n) is 21.5. The lowest BCUT2D eigenvalue weighted by Gasteiger charge is -2.36. The number of fused-ring (bicyclic) bond motifs is 7. The van der Waals surface area contributed by atoms with Gasteiger partial charge in [-0.1, -0.05) is 136 Å². The molecule has 7 aromatic carbocycles. The first-order chi connectivity index (χ1) is 28.8. The standard InChI is InChI=1S/C57H52N2/c1-5-6-17-32-57(4)33-30-45(31-34-57)58(43-20-9-7-10-21-43)47-28-29-49-52-39-51-42(36-53(52)56(2,3)54(49)38-47)37-55(50-25-16-15-24-48(50)51)59(44-22-11-8-12-23-44)46-27-26-40-18-13-14-19-41(40)35-46/h5-15,17-24,26-30,32,35-39H,16,25,31,33-34H2,1-4H3/b6-5-,32-17-. The van der Waals surface area contributed by atoms with Crippen molar-refractivity contribution in [1.82, 2.24) is 0 Å². The molecule has 10 rings (SSSR count). The molecule has 2 nitrogen and oxygen atoms in total. The molecule has 0 saturated carbocycles. The summed E-state index contributed by atoms with van der Waals surface area (Å²) in [5.41, 5.74) is 15.7. The van der Waals surface area contributed by atoms with E-state index in [0.29, 0.717) is 0 Å². The van der Waals surface area contributed by atoms with Crippen molar-refractivity contribution >= 4 is 56.1 Å². The Morgan fingerprint density at radius 2 is 1.27 bits per heavy atom. The molecule has 0 radical (unpaired) electrons. The van der Waals surface area contributed by atoms with Gasteiger partial charge >= 0.3 is 0 Å². The van der Waals surface area contributed by atoms with E-state index in [4.69, 9.17) is 0 Å². The van der Waals surface area contributed by atoms with Crippen molar-refractivity contribution in [3.8, 4) is 11.1 Å². The van der Waals surface area contributed by atoms with Crippen molar-refractivity contribution in [2.75, 3.05) is 9.80 Å². The second kappa shape index (κ2) is 14.8. The van der Waals surface area contributed by atoms with Gasteiger partial charge in [-0.25, -0.2) is 0 Å². The summed E-state index contributed by atoms with van der Waals surface area (Å²) in [5.74, 6) is 0. The highest BCUT2D eigenvalue weighted by atomic mass is 15.2. The van der Waals surface area contributed by atoms with E-state index >= 15 is 0 Å². The van der Waals surface area contributed by atoms with Gasteiger partial charge in [-0.15, -0.1) is 0 Å². The molecule has 290 valence electrons. The fraction of sp³-hybridized carbons (Fsp3) is 0.193. The predicted molar refractivity (Wildman–Crippen MR) is 254 cm³/mol. The fourth-order valence-corrected chi connectivity index (χ4v) is 9.99. The second-order valence-corrected chi connectivity index (χ2v) is 17.5. The average Bonchev–Trinajstić information content (AvgIpc) is 3.49. The zero-order valence-electron chi connectivity index (χ0n) is 34.8. The van der Waals surface area contributed by atoms with Gasteiger partial charge in [0.15, 0.2) is 0 Å². The maximum absolute atomic E-state index is 2.52. The molecule has 3 aliphatic rings. The number of allylic oxidation sites excluding steroid dienone is 7. The lowest BCUT2D eigenvalue weighted by Crippen LogP contribution is -2.24. The van der Waals surface area contributed by atoms with Gasteiger partial charge < -0.3 is 9.80 Å². The maximum Gasteiger partial charge on any atom is 0.0506 e. The van der Waals surface area contributed by atoms with E-state index in [1.807, 2.05) is 0 Å². The van der Waals surface area contributed by atoms with E-state index in [1.165, 1.54) is 89.1 Å². The molecule has 0 amide bonds. The Hall–Kier alpha value is -6.38. The van der Waals surface area contributed by atoms with Crippen LogP contribution >= 0.6 is 0 Å². The van der Waals surface area contributed by atoms with Crippen molar-refractivity contribution in [1.29, 1.82) is 0 Å². The molecule has 7 aromatic rings. The Bertz CT molecular complexity index is 2860. The Balaban J connectivity index is 1.10. The number of hydrogen-bond acceptors (Lipinski definition) is 2. The number of nitrogens with zero attached hydrogens (tertiary/aromatic N) is 2. The third-order valence-electron chi connectivity index (χ3n) is 13.3. The molecule has 59 heavy (non-hydrogen) atoms. The topological polar surface area (TPSA) is 6.48 Å². The molecule has 0 saturated heterocycles. The van der Waals surface area contributed by atoms with Gasteiger partial charge in [0, 0.05) is 33.9 Å². The lowest BCUT2D eigenvalue weighted by molar-refractivity contribution is 0.377. The minimum atomic E-state index is -0.183. The summed E-state index contributed by atoms with van der Waals surface area (Å²) in [7, 11) is 0. The van der Waals surface area contributed by atoms with Crippen LogP contribution in [0.4, 0.5) is 28.4 Å². The van der Waals surface area contributed by atoms with Gasteiger partial charge in [0.1, 0.15) is 0 Å². The molecule has 0 heterocycles. The number of rotatable bonds is 8. The summed E-state index contributed by atoms with van der Waals surface area (Å²) in [6.45, 7) is 9.32. The highest BCUT2D eigenvalue weighted by Gasteiger charge is 2.37. The number of para-hydroxylation sites is 2. The highest BCUT2D eigenvalue weighted by molar-refractivity contribution is 6.03. The molecule has 3 aliphatic carbocycles. The van der Waals surface area contributed by atoms with Crippen LogP contribution < -0.4 is 9.80 Å². The molecule has 0 aromatic heterocycles. The molecule has 0 bridgehead atoms. The normalized spacial score (nSPS) is 17.9. The summed E-state index contributed by atoms with van der Waals surface area (Å²) < 4.78 is 0. The van der Waals surface area contributed by atoms with E-state index in [2.05, 4.69) is 220 Å². The maximum atomic E-state index is 2.52. The zero-order chi connectivity index (χ0) is 40.1. The lowest BCUT2D eigenvalue weighted by atomic mass is 9.77. The van der Waals surface area contributed by atoms with Gasteiger partial charge in [0.05, 0.1) is 5.69 Å². The molecular formula is C57H52N2. The second-order valence-electron chi connectivity index (χ2n) is 17.5. The van der Waals surface area contributed by atoms with E-state index in [9.17, 15) is 0 Å². The Labute approximate surface area is 350 Å². The molecule has 0 N–H and O–H groups in total. The summed E-state index contributed by atoms with van der Waals surface area (Å²) in [6.07, 6.45) is 21.3. The Morgan fingerprint density at radius 3 is 2.02 bits per heavy atom. The number of anilines is 5.